The van der Waals surface area contributed by atoms with Crippen LogP contribution in [0.3, 0.4) is 0 Å². The molecule has 0 unspecified atom stereocenters. The number of rotatable bonds is 6. The first-order valence-electron chi connectivity index (χ1n) is 7.58. The van der Waals surface area contributed by atoms with Crippen LogP contribution in [0.5, 0.6) is 5.75 Å². The Bertz CT molecular complexity index is 845. The Morgan fingerprint density at radius 1 is 1.21 bits per heavy atom. The van der Waals surface area contributed by atoms with Crippen molar-refractivity contribution in [2.45, 2.75) is 6.42 Å². The van der Waals surface area contributed by atoms with Crippen molar-refractivity contribution in [1.82, 2.24) is 15.3 Å². The SMILES string of the molecule is N#CCOc1ccc(C(=O)NCCc2nc3ccccc3[nH]2)cc1. The minimum absolute atomic E-state index is 0.0109. The number of nitrogens with zero attached hydrogens (tertiary/aromatic N) is 2. The zero-order chi connectivity index (χ0) is 16.8. The molecule has 0 saturated heterocycles. The number of nitriles is 1. The summed E-state index contributed by atoms with van der Waals surface area (Å²) in [5, 5.41) is 11.3. The molecule has 3 aromatic rings. The van der Waals surface area contributed by atoms with Gasteiger partial charge in [0.1, 0.15) is 17.6 Å². The zero-order valence-corrected chi connectivity index (χ0v) is 13.0. The van der Waals surface area contributed by atoms with Crippen molar-refractivity contribution in [3.05, 3.63) is 59.9 Å². The minimum atomic E-state index is -0.155. The van der Waals surface area contributed by atoms with Gasteiger partial charge in [0.05, 0.1) is 11.0 Å². The molecule has 0 atom stereocenters. The average molecular weight is 320 g/mol. The molecule has 0 aliphatic heterocycles. The van der Waals surface area contributed by atoms with E-state index >= 15 is 0 Å². The largest absolute Gasteiger partial charge is 0.479 e. The molecule has 0 fully saturated rings. The van der Waals surface area contributed by atoms with Crippen molar-refractivity contribution in [3.8, 4) is 11.8 Å². The lowest BCUT2D eigenvalue weighted by molar-refractivity contribution is 0.0954. The van der Waals surface area contributed by atoms with E-state index in [2.05, 4.69) is 15.3 Å². The molecule has 2 N–H and O–H groups in total. The van der Waals surface area contributed by atoms with E-state index in [9.17, 15) is 4.79 Å². The molecule has 24 heavy (non-hydrogen) atoms. The summed E-state index contributed by atoms with van der Waals surface area (Å²) in [6.07, 6.45) is 0.629. The molecule has 1 aromatic heterocycles. The van der Waals surface area contributed by atoms with Gasteiger partial charge in [-0.2, -0.15) is 5.26 Å². The number of carbonyl (C=O) groups excluding carboxylic acids is 1. The predicted octanol–water partition coefficient (Wildman–Crippen LogP) is 2.44. The Morgan fingerprint density at radius 2 is 2.00 bits per heavy atom. The average Bonchev–Trinajstić information content (AvgIpc) is 3.03. The van der Waals surface area contributed by atoms with Gasteiger partial charge in [0, 0.05) is 18.5 Å². The summed E-state index contributed by atoms with van der Waals surface area (Å²) >= 11 is 0. The quantitative estimate of drug-likeness (QED) is 0.730. The first-order chi connectivity index (χ1) is 11.8. The van der Waals surface area contributed by atoms with E-state index < -0.39 is 0 Å². The minimum Gasteiger partial charge on any atom is -0.479 e. The van der Waals surface area contributed by atoms with Gasteiger partial charge in [-0.3, -0.25) is 4.79 Å². The van der Waals surface area contributed by atoms with Gasteiger partial charge >= 0.3 is 0 Å². The maximum Gasteiger partial charge on any atom is 0.251 e. The molecule has 0 aliphatic carbocycles. The summed E-state index contributed by atoms with van der Waals surface area (Å²) in [7, 11) is 0. The van der Waals surface area contributed by atoms with Gasteiger partial charge in [0.15, 0.2) is 6.61 Å². The maximum absolute atomic E-state index is 12.1. The molecular formula is C18H16N4O2. The molecular weight excluding hydrogens is 304 g/mol. The number of hydrogen-bond donors (Lipinski definition) is 2. The summed E-state index contributed by atoms with van der Waals surface area (Å²) in [5.74, 6) is 1.25. The molecule has 0 spiro atoms. The number of hydrogen-bond acceptors (Lipinski definition) is 4. The van der Waals surface area contributed by atoms with Gasteiger partial charge in [0.2, 0.25) is 0 Å². The monoisotopic (exact) mass is 320 g/mol. The molecule has 1 amide bonds. The molecule has 0 bridgehead atoms. The lowest BCUT2D eigenvalue weighted by atomic mass is 10.2. The molecule has 2 aromatic carbocycles. The Hall–Kier alpha value is -3.33. The van der Waals surface area contributed by atoms with Crippen LogP contribution in [0, 0.1) is 11.3 Å². The Morgan fingerprint density at radius 3 is 2.75 bits per heavy atom. The van der Waals surface area contributed by atoms with Crippen molar-refractivity contribution in [2.75, 3.05) is 13.2 Å². The Kier molecular flexibility index (Phi) is 4.73. The van der Waals surface area contributed by atoms with E-state index in [1.807, 2.05) is 30.3 Å². The van der Waals surface area contributed by atoms with E-state index in [4.69, 9.17) is 10.00 Å². The molecule has 1 heterocycles. The van der Waals surface area contributed by atoms with E-state index in [0.29, 0.717) is 24.3 Å². The fraction of sp³-hybridized carbons (Fsp3) is 0.167. The second-order valence-electron chi connectivity index (χ2n) is 5.18. The topological polar surface area (TPSA) is 90.8 Å². The van der Waals surface area contributed by atoms with Crippen molar-refractivity contribution >= 4 is 16.9 Å². The molecule has 6 heteroatoms. The normalized spacial score (nSPS) is 10.3. The van der Waals surface area contributed by atoms with Crippen LogP contribution in [-0.4, -0.2) is 29.0 Å². The summed E-state index contributed by atoms with van der Waals surface area (Å²) < 4.78 is 5.15. The van der Waals surface area contributed by atoms with Crippen LogP contribution in [-0.2, 0) is 6.42 Å². The number of aromatic nitrogens is 2. The summed E-state index contributed by atoms with van der Waals surface area (Å²) in [6.45, 7) is 0.481. The Balaban J connectivity index is 1.52. The highest BCUT2D eigenvalue weighted by atomic mass is 16.5. The smallest absolute Gasteiger partial charge is 0.251 e. The van der Waals surface area contributed by atoms with Crippen molar-refractivity contribution in [2.24, 2.45) is 0 Å². The number of nitrogens with one attached hydrogen (secondary N) is 2. The van der Waals surface area contributed by atoms with Crippen LogP contribution in [0.2, 0.25) is 0 Å². The molecule has 0 aliphatic rings. The third-order valence-electron chi connectivity index (χ3n) is 3.51. The van der Waals surface area contributed by atoms with E-state index in [-0.39, 0.29) is 12.5 Å². The molecule has 0 saturated carbocycles. The van der Waals surface area contributed by atoms with Gasteiger partial charge in [-0.25, -0.2) is 4.98 Å². The highest BCUT2D eigenvalue weighted by Gasteiger charge is 2.07. The lowest BCUT2D eigenvalue weighted by Crippen LogP contribution is -2.25. The predicted molar refractivity (Wildman–Crippen MR) is 89.7 cm³/mol. The second-order valence-corrected chi connectivity index (χ2v) is 5.18. The Labute approximate surface area is 139 Å². The highest BCUT2D eigenvalue weighted by molar-refractivity contribution is 5.94. The molecule has 0 radical (unpaired) electrons. The number of para-hydroxylation sites is 2. The molecule has 120 valence electrons. The van der Waals surface area contributed by atoms with Gasteiger partial charge in [-0.1, -0.05) is 12.1 Å². The third-order valence-corrected chi connectivity index (χ3v) is 3.51. The number of carbonyl (C=O) groups is 1. The van der Waals surface area contributed by atoms with Crippen molar-refractivity contribution < 1.29 is 9.53 Å². The third kappa shape index (κ3) is 3.70. The van der Waals surface area contributed by atoms with E-state index in [0.717, 1.165) is 16.9 Å². The van der Waals surface area contributed by atoms with Crippen LogP contribution in [0.1, 0.15) is 16.2 Å². The fourth-order valence-electron chi connectivity index (χ4n) is 2.34. The van der Waals surface area contributed by atoms with Crippen molar-refractivity contribution in [3.63, 3.8) is 0 Å². The van der Waals surface area contributed by atoms with E-state index in [1.54, 1.807) is 24.3 Å². The van der Waals surface area contributed by atoms with E-state index in [1.165, 1.54) is 0 Å². The first kappa shape index (κ1) is 15.6. The van der Waals surface area contributed by atoms with Crippen molar-refractivity contribution in [1.29, 1.82) is 5.26 Å². The van der Waals surface area contributed by atoms with Crippen LogP contribution in [0.15, 0.2) is 48.5 Å². The van der Waals surface area contributed by atoms with Crippen LogP contribution >= 0.6 is 0 Å². The molecule has 3 rings (SSSR count). The molecule has 6 nitrogen and oxygen atoms in total. The highest BCUT2D eigenvalue weighted by Crippen LogP contribution is 2.12. The first-order valence-corrected chi connectivity index (χ1v) is 7.58. The lowest BCUT2D eigenvalue weighted by Gasteiger charge is -2.05. The number of ether oxygens (including phenoxy) is 1. The number of fused-ring (bicyclic) bond motifs is 1. The zero-order valence-electron chi connectivity index (χ0n) is 13.0. The summed E-state index contributed by atoms with van der Waals surface area (Å²) in [4.78, 5) is 19.8. The van der Waals surface area contributed by atoms with Crippen LogP contribution < -0.4 is 10.1 Å². The van der Waals surface area contributed by atoms with Gasteiger partial charge < -0.3 is 15.0 Å². The summed E-state index contributed by atoms with van der Waals surface area (Å²) in [5.41, 5.74) is 2.46. The summed E-state index contributed by atoms with van der Waals surface area (Å²) in [6, 6.07) is 16.4. The fourth-order valence-corrected chi connectivity index (χ4v) is 2.34. The standard InChI is InChI=1S/C18H16N4O2/c19-10-12-24-14-7-5-13(6-8-14)18(23)20-11-9-17-21-15-3-1-2-4-16(15)22-17/h1-8H,9,11-12H2,(H,20,23)(H,21,22). The van der Waals surface area contributed by atoms with Gasteiger partial charge in [-0.05, 0) is 36.4 Å². The number of benzene rings is 2. The number of imidazole rings is 1. The van der Waals surface area contributed by atoms with Gasteiger partial charge in [0.25, 0.3) is 5.91 Å². The maximum atomic E-state index is 12.1. The number of H-pyrrole nitrogens is 1. The second kappa shape index (κ2) is 7.29. The van der Waals surface area contributed by atoms with Crippen LogP contribution in [0.4, 0.5) is 0 Å². The number of aromatic amines is 1. The van der Waals surface area contributed by atoms with Gasteiger partial charge in [-0.15, -0.1) is 0 Å². The number of amides is 1. The van der Waals surface area contributed by atoms with Crippen LogP contribution in [0.25, 0.3) is 11.0 Å².